The van der Waals surface area contributed by atoms with Gasteiger partial charge in [0.1, 0.15) is 12.6 Å². The van der Waals surface area contributed by atoms with Gasteiger partial charge in [-0.3, -0.25) is 13.9 Å². The van der Waals surface area contributed by atoms with Gasteiger partial charge < -0.3 is 10.2 Å². The number of hydrogen-bond donors (Lipinski definition) is 1. The zero-order valence-corrected chi connectivity index (χ0v) is 24.8. The van der Waals surface area contributed by atoms with Crippen LogP contribution in [-0.4, -0.2) is 43.8 Å². The number of amides is 2. The van der Waals surface area contributed by atoms with Crippen molar-refractivity contribution in [2.24, 2.45) is 0 Å². The lowest BCUT2D eigenvalue weighted by Crippen LogP contribution is -2.52. The first-order valence-electron chi connectivity index (χ1n) is 12.8. The molecule has 0 aliphatic rings. The molecule has 0 saturated carbocycles. The third-order valence-corrected chi connectivity index (χ3v) is 8.58. The van der Waals surface area contributed by atoms with Gasteiger partial charge in [-0.1, -0.05) is 53.6 Å². The Labute approximate surface area is 236 Å². The molecule has 0 aliphatic heterocycles. The molecule has 0 fully saturated rings. The number of aryl methyl sites for hydroxylation is 2. The first-order valence-corrected chi connectivity index (χ1v) is 14.6. The number of carbonyl (C=O) groups is 2. The number of benzene rings is 3. The zero-order chi connectivity index (χ0) is 28.9. The van der Waals surface area contributed by atoms with Crippen molar-refractivity contribution >= 4 is 39.1 Å². The number of sulfonamides is 1. The first kappa shape index (κ1) is 30.2. The van der Waals surface area contributed by atoms with E-state index < -0.39 is 28.5 Å². The maximum absolute atomic E-state index is 14.0. The van der Waals surface area contributed by atoms with Crippen LogP contribution < -0.4 is 9.62 Å². The summed E-state index contributed by atoms with van der Waals surface area (Å²) < 4.78 is 29.1. The molecule has 0 radical (unpaired) electrons. The Morgan fingerprint density at radius 3 is 2.18 bits per heavy atom. The molecular formula is C30H36ClN3O4S. The van der Waals surface area contributed by atoms with E-state index in [1.807, 2.05) is 46.8 Å². The SMILES string of the molecule is Cc1ccc(S(=O)(=O)N(CC(=O)N(Cc2cccc(Cl)c2)[C@H](C)C(=O)NC(C)C)c2cccc(C)c2C)cc1. The second-order valence-electron chi connectivity index (χ2n) is 10.0. The molecule has 3 rings (SSSR count). The van der Waals surface area contributed by atoms with Crippen LogP contribution in [0.4, 0.5) is 5.69 Å². The van der Waals surface area contributed by atoms with Crippen LogP contribution in [-0.2, 0) is 26.2 Å². The summed E-state index contributed by atoms with van der Waals surface area (Å²) in [6, 6.07) is 17.9. The quantitative estimate of drug-likeness (QED) is 0.354. The van der Waals surface area contributed by atoms with Gasteiger partial charge in [0.2, 0.25) is 11.8 Å². The van der Waals surface area contributed by atoms with Crippen molar-refractivity contribution in [2.75, 3.05) is 10.8 Å². The van der Waals surface area contributed by atoms with Crippen molar-refractivity contribution < 1.29 is 18.0 Å². The van der Waals surface area contributed by atoms with Crippen molar-refractivity contribution in [3.63, 3.8) is 0 Å². The summed E-state index contributed by atoms with van der Waals surface area (Å²) in [5, 5.41) is 3.35. The fourth-order valence-electron chi connectivity index (χ4n) is 4.18. The lowest BCUT2D eigenvalue weighted by atomic mass is 10.1. The van der Waals surface area contributed by atoms with Crippen LogP contribution in [0.25, 0.3) is 0 Å². The van der Waals surface area contributed by atoms with Crippen molar-refractivity contribution in [1.82, 2.24) is 10.2 Å². The van der Waals surface area contributed by atoms with Gasteiger partial charge in [-0.25, -0.2) is 8.42 Å². The minimum absolute atomic E-state index is 0.0776. The second kappa shape index (κ2) is 12.7. The number of nitrogens with one attached hydrogen (secondary N) is 1. The molecule has 0 bridgehead atoms. The van der Waals surface area contributed by atoms with Crippen LogP contribution >= 0.6 is 11.6 Å². The van der Waals surface area contributed by atoms with Crippen LogP contribution in [0.1, 0.15) is 43.0 Å². The van der Waals surface area contributed by atoms with Gasteiger partial charge in [-0.05, 0) is 88.6 Å². The van der Waals surface area contributed by atoms with Crippen LogP contribution in [0.5, 0.6) is 0 Å². The van der Waals surface area contributed by atoms with Crippen LogP contribution in [0.15, 0.2) is 71.6 Å². The lowest BCUT2D eigenvalue weighted by Gasteiger charge is -2.33. The van der Waals surface area contributed by atoms with Crippen molar-refractivity contribution in [3.8, 4) is 0 Å². The van der Waals surface area contributed by atoms with Gasteiger partial charge in [0, 0.05) is 17.6 Å². The molecule has 0 aromatic heterocycles. The van der Waals surface area contributed by atoms with Crippen LogP contribution in [0, 0.1) is 20.8 Å². The van der Waals surface area contributed by atoms with Crippen molar-refractivity contribution in [1.29, 1.82) is 0 Å². The molecule has 39 heavy (non-hydrogen) atoms. The van der Waals surface area contributed by atoms with Crippen LogP contribution in [0.3, 0.4) is 0 Å². The molecule has 0 unspecified atom stereocenters. The fraction of sp³-hybridized carbons (Fsp3) is 0.333. The maximum atomic E-state index is 14.0. The second-order valence-corrected chi connectivity index (χ2v) is 12.3. The van der Waals surface area contributed by atoms with Gasteiger partial charge >= 0.3 is 0 Å². The highest BCUT2D eigenvalue weighted by atomic mass is 35.5. The standard InChI is InChI=1S/C30H36ClN3O4S/c1-20(2)32-30(36)24(6)33(18-25-10-8-11-26(31)17-25)29(35)19-34(28-12-7-9-22(4)23(28)5)39(37,38)27-15-13-21(3)14-16-27/h7-17,20,24H,18-19H2,1-6H3,(H,32,36)/t24-/m1/s1. The van der Waals surface area contributed by atoms with E-state index in [9.17, 15) is 18.0 Å². The zero-order valence-electron chi connectivity index (χ0n) is 23.2. The van der Waals surface area contributed by atoms with E-state index in [0.717, 1.165) is 26.6 Å². The molecule has 0 heterocycles. The Balaban J connectivity index is 2.08. The molecule has 208 valence electrons. The molecular weight excluding hydrogens is 534 g/mol. The highest BCUT2D eigenvalue weighted by Gasteiger charge is 2.33. The average molecular weight is 570 g/mol. The molecule has 1 atom stereocenters. The topological polar surface area (TPSA) is 86.8 Å². The molecule has 0 aliphatic carbocycles. The van der Waals surface area contributed by atoms with E-state index in [-0.39, 0.29) is 23.4 Å². The predicted molar refractivity (Wildman–Crippen MR) is 156 cm³/mol. The number of nitrogens with zero attached hydrogens (tertiary/aromatic N) is 2. The minimum Gasteiger partial charge on any atom is -0.352 e. The Morgan fingerprint density at radius 2 is 1.56 bits per heavy atom. The summed E-state index contributed by atoms with van der Waals surface area (Å²) in [4.78, 5) is 28.5. The van der Waals surface area contributed by atoms with E-state index in [1.54, 1.807) is 49.4 Å². The largest absolute Gasteiger partial charge is 0.352 e. The first-order chi connectivity index (χ1) is 18.3. The molecule has 2 amide bonds. The smallest absolute Gasteiger partial charge is 0.264 e. The molecule has 3 aromatic carbocycles. The van der Waals surface area contributed by atoms with E-state index in [1.165, 1.54) is 17.0 Å². The summed E-state index contributed by atoms with van der Waals surface area (Å²) in [6.07, 6.45) is 0. The Kier molecular flexibility index (Phi) is 9.80. The summed E-state index contributed by atoms with van der Waals surface area (Å²) in [5.74, 6) is -0.849. The average Bonchev–Trinajstić information content (AvgIpc) is 2.87. The molecule has 1 N–H and O–H groups in total. The molecule has 0 saturated heterocycles. The van der Waals surface area contributed by atoms with E-state index in [2.05, 4.69) is 5.32 Å². The van der Waals surface area contributed by atoms with Crippen molar-refractivity contribution in [2.45, 2.75) is 65.1 Å². The van der Waals surface area contributed by atoms with Gasteiger partial charge in [-0.15, -0.1) is 0 Å². The highest BCUT2D eigenvalue weighted by Crippen LogP contribution is 2.29. The van der Waals surface area contributed by atoms with E-state index >= 15 is 0 Å². The lowest BCUT2D eigenvalue weighted by molar-refractivity contribution is -0.139. The Bertz CT molecular complexity index is 1440. The van der Waals surface area contributed by atoms with E-state index in [0.29, 0.717) is 10.7 Å². The number of rotatable bonds is 10. The Morgan fingerprint density at radius 1 is 0.923 bits per heavy atom. The number of hydrogen-bond acceptors (Lipinski definition) is 4. The van der Waals surface area contributed by atoms with Gasteiger partial charge in [-0.2, -0.15) is 0 Å². The third-order valence-electron chi connectivity index (χ3n) is 6.57. The summed E-state index contributed by atoms with van der Waals surface area (Å²) in [7, 11) is -4.12. The summed E-state index contributed by atoms with van der Waals surface area (Å²) >= 11 is 6.18. The molecule has 3 aromatic rings. The normalized spacial score (nSPS) is 12.2. The predicted octanol–water partition coefficient (Wildman–Crippen LogP) is 5.40. The van der Waals surface area contributed by atoms with Gasteiger partial charge in [0.05, 0.1) is 10.6 Å². The van der Waals surface area contributed by atoms with E-state index in [4.69, 9.17) is 11.6 Å². The fourth-order valence-corrected chi connectivity index (χ4v) is 5.86. The van der Waals surface area contributed by atoms with Crippen molar-refractivity contribution in [3.05, 3.63) is 94.0 Å². The highest BCUT2D eigenvalue weighted by molar-refractivity contribution is 7.92. The molecule has 9 heteroatoms. The Hall–Kier alpha value is -3.36. The monoisotopic (exact) mass is 569 g/mol. The van der Waals surface area contributed by atoms with Crippen LogP contribution in [0.2, 0.25) is 5.02 Å². The van der Waals surface area contributed by atoms with Gasteiger partial charge in [0.15, 0.2) is 0 Å². The minimum atomic E-state index is -4.12. The maximum Gasteiger partial charge on any atom is 0.264 e. The number of carbonyl (C=O) groups excluding carboxylic acids is 2. The summed E-state index contributed by atoms with van der Waals surface area (Å²) in [5.41, 5.74) is 3.68. The third kappa shape index (κ3) is 7.40. The molecule has 7 nitrogen and oxygen atoms in total. The molecule has 0 spiro atoms. The number of anilines is 1. The van der Waals surface area contributed by atoms with Gasteiger partial charge in [0.25, 0.3) is 10.0 Å². The summed E-state index contributed by atoms with van der Waals surface area (Å²) in [6.45, 7) is 10.5. The number of halogens is 1.